The first kappa shape index (κ1) is 44.5. The molecule has 0 N–H and O–H groups in total. The second-order valence-corrected chi connectivity index (χ2v) is 20.2. The molecule has 2 atom stereocenters. The number of benzene rings is 10. The summed E-state index contributed by atoms with van der Waals surface area (Å²) in [5.41, 5.74) is 22.2. The standard InChI is InChI=1S/C73H54N2/c1-5-23-52(24-6-1)59-31-13-14-32-60(59)61-33-15-16-34-62(61)65-36-18-21-39-70(65)74(58-46-48-67-66-37-19-22-40-71(66)75(72(67)50-58)56-29-11-4-12-30-56)57-44-41-51(42-45-57)53-43-47-64-63-35-17-20-38-68(63)73(69(64)49-53,54-25-7-2-8-26-54)55-27-9-3-10-28-55/h1-42,44-46,48-50,59-60H,43,47H2. The number of nitrogens with zero attached hydrogens (tertiary/aromatic N) is 2. The van der Waals surface area contributed by atoms with Crippen LogP contribution in [0.4, 0.5) is 17.1 Å². The van der Waals surface area contributed by atoms with E-state index in [1.807, 2.05) is 0 Å². The van der Waals surface area contributed by atoms with Crippen molar-refractivity contribution in [3.63, 3.8) is 0 Å². The third-order valence-electron chi connectivity index (χ3n) is 16.3. The summed E-state index contributed by atoms with van der Waals surface area (Å²) in [4.78, 5) is 2.49. The lowest BCUT2D eigenvalue weighted by atomic mass is 9.66. The van der Waals surface area contributed by atoms with E-state index in [-0.39, 0.29) is 11.8 Å². The number of hydrogen-bond acceptors (Lipinski definition) is 1. The minimum atomic E-state index is -0.428. The highest BCUT2D eigenvalue weighted by molar-refractivity contribution is 6.10. The minimum absolute atomic E-state index is 0.155. The summed E-state index contributed by atoms with van der Waals surface area (Å²) >= 11 is 0. The molecule has 356 valence electrons. The van der Waals surface area contributed by atoms with Crippen LogP contribution in [0.2, 0.25) is 0 Å². The van der Waals surface area contributed by atoms with Crippen LogP contribution < -0.4 is 4.90 Å². The molecule has 0 aliphatic heterocycles. The van der Waals surface area contributed by atoms with Crippen molar-refractivity contribution in [2.75, 3.05) is 4.90 Å². The summed E-state index contributed by atoms with van der Waals surface area (Å²) in [6.45, 7) is 0. The summed E-state index contributed by atoms with van der Waals surface area (Å²) in [5, 5.41) is 2.47. The molecule has 0 fully saturated rings. The molecular formula is C73H54N2. The van der Waals surface area contributed by atoms with Gasteiger partial charge in [0.25, 0.3) is 0 Å². The molecule has 1 aromatic heterocycles. The molecule has 3 aliphatic carbocycles. The van der Waals surface area contributed by atoms with Crippen LogP contribution in [0.25, 0.3) is 49.8 Å². The van der Waals surface area contributed by atoms with Gasteiger partial charge in [-0.25, -0.2) is 0 Å². The van der Waals surface area contributed by atoms with Crippen molar-refractivity contribution in [2.24, 2.45) is 0 Å². The normalized spacial score (nSPS) is 16.5. The molecule has 2 heteroatoms. The molecule has 0 bridgehead atoms. The molecule has 0 saturated carbocycles. The predicted octanol–water partition coefficient (Wildman–Crippen LogP) is 18.9. The molecule has 0 saturated heterocycles. The van der Waals surface area contributed by atoms with Crippen LogP contribution in [-0.4, -0.2) is 4.57 Å². The lowest BCUT2D eigenvalue weighted by molar-refractivity contribution is 0.731. The van der Waals surface area contributed by atoms with Gasteiger partial charge in [0.2, 0.25) is 0 Å². The van der Waals surface area contributed by atoms with E-state index in [4.69, 9.17) is 0 Å². The van der Waals surface area contributed by atoms with Crippen molar-refractivity contribution in [2.45, 2.75) is 30.1 Å². The zero-order chi connectivity index (χ0) is 49.7. The van der Waals surface area contributed by atoms with Crippen LogP contribution in [0.1, 0.15) is 63.6 Å². The average molecular weight is 959 g/mol. The van der Waals surface area contributed by atoms with E-state index in [1.54, 1.807) is 0 Å². The monoisotopic (exact) mass is 958 g/mol. The first-order valence-corrected chi connectivity index (χ1v) is 26.5. The van der Waals surface area contributed by atoms with E-state index >= 15 is 0 Å². The zero-order valence-corrected chi connectivity index (χ0v) is 41.7. The van der Waals surface area contributed by atoms with Gasteiger partial charge in [0, 0.05) is 45.2 Å². The Morgan fingerprint density at radius 2 is 1.00 bits per heavy atom. The first-order valence-electron chi connectivity index (χ1n) is 26.5. The van der Waals surface area contributed by atoms with E-state index in [2.05, 4.69) is 301 Å². The van der Waals surface area contributed by atoms with Crippen molar-refractivity contribution in [3.05, 3.63) is 336 Å². The molecule has 1 heterocycles. The van der Waals surface area contributed by atoms with E-state index in [9.17, 15) is 0 Å². The van der Waals surface area contributed by atoms with Gasteiger partial charge in [-0.05, 0) is 123 Å². The Kier molecular flexibility index (Phi) is 11.1. The number of allylic oxidation sites excluding steroid dienone is 8. The Bertz CT molecular complexity index is 4000. The van der Waals surface area contributed by atoms with Crippen LogP contribution in [0, 0.1) is 0 Å². The Morgan fingerprint density at radius 1 is 0.427 bits per heavy atom. The maximum Gasteiger partial charge on any atom is 0.0710 e. The SMILES string of the molecule is C1=CC(c2ccccc2)C(c2ccccc2-c2ccccc2N(c2ccc(C3=CC4=C(CC3)c3ccccc3C4(c3ccccc3)c3ccccc3)cc2)c2ccc3c4ccccc4n(-c4ccccc4)c3c2)C=C1. The first-order chi connectivity index (χ1) is 37.2. The highest BCUT2D eigenvalue weighted by Gasteiger charge is 2.47. The summed E-state index contributed by atoms with van der Waals surface area (Å²) < 4.78 is 2.42. The average Bonchev–Trinajstić information content (AvgIpc) is 3.99. The fourth-order valence-corrected chi connectivity index (χ4v) is 13.0. The molecule has 10 aromatic carbocycles. The third-order valence-corrected chi connectivity index (χ3v) is 16.3. The predicted molar refractivity (Wildman–Crippen MR) is 314 cm³/mol. The number of hydrogen-bond donors (Lipinski definition) is 0. The summed E-state index contributed by atoms with van der Waals surface area (Å²) in [5.74, 6) is 0.363. The molecule has 0 radical (unpaired) electrons. The van der Waals surface area contributed by atoms with Crippen LogP contribution in [0.3, 0.4) is 0 Å². The lowest BCUT2D eigenvalue weighted by Gasteiger charge is -2.36. The zero-order valence-electron chi connectivity index (χ0n) is 41.7. The molecule has 0 spiro atoms. The smallest absolute Gasteiger partial charge is 0.0710 e. The Labute approximate surface area is 439 Å². The van der Waals surface area contributed by atoms with Gasteiger partial charge < -0.3 is 9.47 Å². The van der Waals surface area contributed by atoms with Crippen molar-refractivity contribution >= 4 is 50.0 Å². The topological polar surface area (TPSA) is 8.17 Å². The second-order valence-electron chi connectivity index (χ2n) is 20.2. The number of para-hydroxylation sites is 3. The number of rotatable bonds is 10. The van der Waals surface area contributed by atoms with Gasteiger partial charge in [-0.1, -0.05) is 243 Å². The van der Waals surface area contributed by atoms with E-state index in [0.29, 0.717) is 0 Å². The lowest BCUT2D eigenvalue weighted by Crippen LogP contribution is -2.29. The molecule has 0 amide bonds. The van der Waals surface area contributed by atoms with E-state index in [1.165, 1.54) is 88.6 Å². The minimum Gasteiger partial charge on any atom is -0.310 e. The van der Waals surface area contributed by atoms with Gasteiger partial charge in [-0.15, -0.1) is 0 Å². The maximum absolute atomic E-state index is 2.55. The summed E-state index contributed by atoms with van der Waals surface area (Å²) in [7, 11) is 0. The van der Waals surface area contributed by atoms with Crippen molar-refractivity contribution < 1.29 is 0 Å². The molecule has 2 nitrogen and oxygen atoms in total. The highest BCUT2D eigenvalue weighted by Crippen LogP contribution is 2.58. The Balaban J connectivity index is 0.938. The van der Waals surface area contributed by atoms with Crippen LogP contribution in [-0.2, 0) is 5.41 Å². The van der Waals surface area contributed by atoms with Crippen molar-refractivity contribution in [3.8, 4) is 16.8 Å². The van der Waals surface area contributed by atoms with E-state index in [0.717, 1.165) is 35.6 Å². The van der Waals surface area contributed by atoms with Crippen LogP contribution in [0.15, 0.2) is 297 Å². The molecule has 11 aromatic rings. The number of fused-ring (bicyclic) bond motifs is 5. The highest BCUT2D eigenvalue weighted by atomic mass is 15.1. The van der Waals surface area contributed by atoms with Gasteiger partial charge in [-0.2, -0.15) is 0 Å². The fraction of sp³-hybridized carbons (Fsp3) is 0.0685. The van der Waals surface area contributed by atoms with Gasteiger partial charge in [0.15, 0.2) is 0 Å². The van der Waals surface area contributed by atoms with Gasteiger partial charge in [0.05, 0.1) is 22.1 Å². The number of anilines is 3. The van der Waals surface area contributed by atoms with Gasteiger partial charge in [-0.3, -0.25) is 0 Å². The molecular weight excluding hydrogens is 905 g/mol. The quantitative estimate of drug-likeness (QED) is 0.133. The van der Waals surface area contributed by atoms with Crippen LogP contribution >= 0.6 is 0 Å². The fourth-order valence-electron chi connectivity index (χ4n) is 13.0. The largest absolute Gasteiger partial charge is 0.310 e. The number of aromatic nitrogens is 1. The Morgan fingerprint density at radius 3 is 1.75 bits per heavy atom. The summed E-state index contributed by atoms with van der Waals surface area (Å²) in [6.07, 6.45) is 13.7. The Hall–Kier alpha value is -9.24. The second kappa shape index (κ2) is 18.7. The van der Waals surface area contributed by atoms with Gasteiger partial charge >= 0.3 is 0 Å². The van der Waals surface area contributed by atoms with Gasteiger partial charge in [0.1, 0.15) is 0 Å². The molecule has 14 rings (SSSR count). The summed E-state index contributed by atoms with van der Waals surface area (Å²) in [6, 6.07) is 96.6. The third kappa shape index (κ3) is 7.39. The van der Waals surface area contributed by atoms with Crippen molar-refractivity contribution in [1.82, 2.24) is 4.57 Å². The molecule has 3 aliphatic rings. The maximum atomic E-state index is 2.55. The van der Waals surface area contributed by atoms with Crippen molar-refractivity contribution in [1.29, 1.82) is 0 Å². The van der Waals surface area contributed by atoms with E-state index < -0.39 is 5.41 Å². The molecule has 75 heavy (non-hydrogen) atoms. The molecule has 2 unspecified atom stereocenters. The van der Waals surface area contributed by atoms with Crippen LogP contribution in [0.5, 0.6) is 0 Å².